The molecule has 2 N–H and O–H groups in total. The molecule has 0 radical (unpaired) electrons. The molecule has 1 aliphatic heterocycles. The Morgan fingerprint density at radius 1 is 1.38 bits per heavy atom. The van der Waals surface area contributed by atoms with Crippen LogP contribution in [-0.4, -0.2) is 45.5 Å². The molecule has 2 heterocycles. The number of carbonyl (C=O) groups excluding carboxylic acids is 1. The largest absolute Gasteiger partial charge is 0.479 e. The van der Waals surface area contributed by atoms with Crippen LogP contribution in [0.25, 0.3) is 5.69 Å². The van der Waals surface area contributed by atoms with Crippen molar-refractivity contribution < 1.29 is 23.8 Å². The molecule has 1 saturated heterocycles. The lowest BCUT2D eigenvalue weighted by Crippen LogP contribution is -2.55. The molecule has 1 unspecified atom stereocenters. The van der Waals surface area contributed by atoms with Gasteiger partial charge in [0.05, 0.1) is 29.7 Å². The topological polar surface area (TPSA) is 93.5 Å². The third-order valence-electron chi connectivity index (χ3n) is 4.11. The number of nitrogens with zero attached hydrogens (tertiary/aromatic N) is 2. The summed E-state index contributed by atoms with van der Waals surface area (Å²) in [6.45, 7) is 1.89. The van der Waals surface area contributed by atoms with E-state index in [2.05, 4.69) is 10.4 Å². The number of nitrogens with one attached hydrogen (secondary N) is 1. The molecule has 1 aromatic carbocycles. The number of hydrogen-bond donors (Lipinski definition) is 2. The Morgan fingerprint density at radius 2 is 2.08 bits per heavy atom. The van der Waals surface area contributed by atoms with Gasteiger partial charge in [-0.15, -0.1) is 0 Å². The van der Waals surface area contributed by atoms with E-state index in [0.717, 1.165) is 0 Å². The molecule has 2 aromatic rings. The van der Waals surface area contributed by atoms with Crippen LogP contribution in [0.1, 0.15) is 22.5 Å². The highest BCUT2D eigenvalue weighted by Crippen LogP contribution is 2.21. The summed E-state index contributed by atoms with van der Waals surface area (Å²) in [4.78, 5) is 24.0. The summed E-state index contributed by atoms with van der Waals surface area (Å²) in [6.07, 6.45) is 1.57. The first kappa shape index (κ1) is 16.1. The number of carboxylic acids is 1. The monoisotopic (exact) mass is 333 g/mol. The van der Waals surface area contributed by atoms with Gasteiger partial charge >= 0.3 is 5.97 Å². The molecule has 8 heteroatoms. The first-order valence-electron chi connectivity index (χ1n) is 7.37. The minimum absolute atomic E-state index is 0.0702. The molecule has 0 spiro atoms. The second-order valence-corrected chi connectivity index (χ2v) is 5.68. The van der Waals surface area contributed by atoms with Gasteiger partial charge in [0, 0.05) is 13.0 Å². The van der Waals surface area contributed by atoms with Gasteiger partial charge in [0.15, 0.2) is 5.54 Å². The van der Waals surface area contributed by atoms with E-state index in [9.17, 15) is 19.1 Å². The summed E-state index contributed by atoms with van der Waals surface area (Å²) in [5, 5.41) is 16.1. The second kappa shape index (κ2) is 6.04. The molecule has 1 fully saturated rings. The molecule has 7 nitrogen and oxygen atoms in total. The number of halogens is 1. The predicted octanol–water partition coefficient (Wildman–Crippen LogP) is 1.29. The molecule has 0 bridgehead atoms. The van der Waals surface area contributed by atoms with Crippen molar-refractivity contribution in [2.75, 3.05) is 13.2 Å². The van der Waals surface area contributed by atoms with Gasteiger partial charge in [0.1, 0.15) is 5.82 Å². The van der Waals surface area contributed by atoms with Crippen LogP contribution in [0.2, 0.25) is 0 Å². The Bertz CT molecular complexity index is 779. The number of ether oxygens (including phenoxy) is 1. The minimum Gasteiger partial charge on any atom is -0.479 e. The molecule has 1 aromatic heterocycles. The van der Waals surface area contributed by atoms with E-state index < -0.39 is 17.4 Å². The number of aromatic nitrogens is 2. The third kappa shape index (κ3) is 2.76. The molecule has 24 heavy (non-hydrogen) atoms. The van der Waals surface area contributed by atoms with Gasteiger partial charge in [0.2, 0.25) is 0 Å². The van der Waals surface area contributed by atoms with Crippen molar-refractivity contribution in [1.29, 1.82) is 0 Å². The molecule has 1 aliphatic rings. The maximum Gasteiger partial charge on any atom is 0.331 e. The number of hydrogen-bond acceptors (Lipinski definition) is 4. The first-order chi connectivity index (χ1) is 11.4. The van der Waals surface area contributed by atoms with Crippen LogP contribution in [-0.2, 0) is 9.53 Å². The number of carbonyl (C=O) groups is 2. The van der Waals surface area contributed by atoms with Crippen LogP contribution in [0.5, 0.6) is 0 Å². The highest BCUT2D eigenvalue weighted by molar-refractivity contribution is 5.98. The number of aliphatic carboxylic acids is 1. The number of benzene rings is 1. The summed E-state index contributed by atoms with van der Waals surface area (Å²) in [5.74, 6) is -2.03. The van der Waals surface area contributed by atoms with Gasteiger partial charge in [-0.05, 0) is 31.2 Å². The predicted molar refractivity (Wildman–Crippen MR) is 81.5 cm³/mol. The van der Waals surface area contributed by atoms with E-state index >= 15 is 0 Å². The molecule has 1 amide bonds. The standard InChI is InChI=1S/C16H16FN3O4/c1-10-13(8-18-20(10)12-4-2-11(17)3-5-12)14(21)19-16(15(22)23)6-7-24-9-16/h2-5,8H,6-7,9H2,1H3,(H,19,21)(H,22,23). The van der Waals surface area contributed by atoms with Crippen molar-refractivity contribution in [3.05, 3.63) is 47.5 Å². The quantitative estimate of drug-likeness (QED) is 0.879. The van der Waals surface area contributed by atoms with E-state index in [4.69, 9.17) is 4.74 Å². The van der Waals surface area contributed by atoms with Crippen LogP contribution in [0, 0.1) is 12.7 Å². The van der Waals surface area contributed by atoms with Gasteiger partial charge in [0.25, 0.3) is 5.91 Å². The van der Waals surface area contributed by atoms with Gasteiger partial charge < -0.3 is 15.2 Å². The summed E-state index contributed by atoms with van der Waals surface area (Å²) in [6, 6.07) is 5.68. The number of carboxylic acid groups (broad SMARTS) is 1. The zero-order valence-electron chi connectivity index (χ0n) is 13.0. The van der Waals surface area contributed by atoms with Crippen molar-refractivity contribution >= 4 is 11.9 Å². The summed E-state index contributed by atoms with van der Waals surface area (Å²) in [7, 11) is 0. The number of amides is 1. The zero-order valence-corrected chi connectivity index (χ0v) is 13.0. The summed E-state index contributed by atoms with van der Waals surface area (Å²) in [5.41, 5.74) is -0.0304. The van der Waals surface area contributed by atoms with Crippen LogP contribution in [0.3, 0.4) is 0 Å². The molecule has 3 rings (SSSR count). The van der Waals surface area contributed by atoms with Crippen molar-refractivity contribution in [2.45, 2.75) is 18.9 Å². The maximum atomic E-state index is 13.0. The third-order valence-corrected chi connectivity index (χ3v) is 4.11. The smallest absolute Gasteiger partial charge is 0.331 e. The number of rotatable bonds is 4. The second-order valence-electron chi connectivity index (χ2n) is 5.68. The van der Waals surface area contributed by atoms with Crippen molar-refractivity contribution in [2.24, 2.45) is 0 Å². The molecular weight excluding hydrogens is 317 g/mol. The molecule has 1 atom stereocenters. The zero-order chi connectivity index (χ0) is 17.3. The van der Waals surface area contributed by atoms with Crippen LogP contribution < -0.4 is 5.32 Å². The molecule has 0 aliphatic carbocycles. The van der Waals surface area contributed by atoms with Crippen LogP contribution >= 0.6 is 0 Å². The van der Waals surface area contributed by atoms with Gasteiger partial charge in [-0.2, -0.15) is 5.10 Å². The fraction of sp³-hybridized carbons (Fsp3) is 0.312. The Kier molecular flexibility index (Phi) is 4.06. The average molecular weight is 333 g/mol. The Morgan fingerprint density at radius 3 is 2.67 bits per heavy atom. The van der Waals surface area contributed by atoms with E-state index in [1.165, 1.54) is 23.0 Å². The Balaban J connectivity index is 1.86. The van der Waals surface area contributed by atoms with Gasteiger partial charge in [-0.1, -0.05) is 0 Å². The first-order valence-corrected chi connectivity index (χ1v) is 7.37. The Labute approximate surface area is 137 Å². The van der Waals surface area contributed by atoms with E-state index in [0.29, 0.717) is 11.4 Å². The highest BCUT2D eigenvalue weighted by atomic mass is 19.1. The van der Waals surface area contributed by atoms with E-state index in [1.807, 2.05) is 0 Å². The van der Waals surface area contributed by atoms with Crippen LogP contribution in [0.4, 0.5) is 4.39 Å². The summed E-state index contributed by atoms with van der Waals surface area (Å²) >= 11 is 0. The molecular formula is C16H16FN3O4. The van der Waals surface area contributed by atoms with Gasteiger partial charge in [-0.25, -0.2) is 13.9 Å². The molecule has 0 saturated carbocycles. The SMILES string of the molecule is Cc1c(C(=O)NC2(C(=O)O)CCOC2)cnn1-c1ccc(F)cc1. The normalized spacial score (nSPS) is 20.1. The van der Waals surface area contributed by atoms with Crippen molar-refractivity contribution in [1.82, 2.24) is 15.1 Å². The molecule has 126 valence electrons. The van der Waals surface area contributed by atoms with E-state index in [1.54, 1.807) is 19.1 Å². The van der Waals surface area contributed by atoms with Crippen LogP contribution in [0.15, 0.2) is 30.5 Å². The lowest BCUT2D eigenvalue weighted by atomic mass is 9.98. The average Bonchev–Trinajstić information content (AvgIpc) is 3.16. The van der Waals surface area contributed by atoms with Gasteiger partial charge in [-0.3, -0.25) is 4.79 Å². The fourth-order valence-electron chi connectivity index (χ4n) is 2.65. The van der Waals surface area contributed by atoms with Crippen molar-refractivity contribution in [3.63, 3.8) is 0 Å². The maximum absolute atomic E-state index is 13.0. The highest BCUT2D eigenvalue weighted by Gasteiger charge is 2.44. The lowest BCUT2D eigenvalue weighted by molar-refractivity contribution is -0.144. The van der Waals surface area contributed by atoms with Crippen molar-refractivity contribution in [3.8, 4) is 5.69 Å². The minimum atomic E-state index is -1.42. The Hall–Kier alpha value is -2.74. The summed E-state index contributed by atoms with van der Waals surface area (Å²) < 4.78 is 19.6. The lowest BCUT2D eigenvalue weighted by Gasteiger charge is -2.23. The van der Waals surface area contributed by atoms with E-state index in [-0.39, 0.29) is 31.0 Å². The fourth-order valence-corrected chi connectivity index (χ4v) is 2.65.